The second-order valence-electron chi connectivity index (χ2n) is 6.68. The zero-order chi connectivity index (χ0) is 22.2. The molecule has 1 aliphatic rings. The number of aromatic hydroxyl groups is 3. The van der Waals surface area contributed by atoms with Crippen LogP contribution in [-0.2, 0) is 9.47 Å². The highest BCUT2D eigenvalue weighted by Crippen LogP contribution is 2.45. The van der Waals surface area contributed by atoms with Gasteiger partial charge in [0.1, 0.15) is 12.2 Å². The van der Waals surface area contributed by atoms with Crippen molar-refractivity contribution < 1.29 is 49.6 Å². The molecule has 162 valence electrons. The molecule has 4 atom stereocenters. The van der Waals surface area contributed by atoms with Crippen LogP contribution in [0.2, 0.25) is 0 Å². The summed E-state index contributed by atoms with van der Waals surface area (Å²) in [5.74, 6) is -3.88. The Morgan fingerprint density at radius 3 is 2.47 bits per heavy atom. The van der Waals surface area contributed by atoms with E-state index in [0.717, 1.165) is 25.3 Å². The van der Waals surface area contributed by atoms with Crippen LogP contribution in [0.15, 0.2) is 23.0 Å². The summed E-state index contributed by atoms with van der Waals surface area (Å²) < 4.78 is 15.4. The van der Waals surface area contributed by atoms with Crippen molar-refractivity contribution in [3.8, 4) is 23.0 Å². The van der Waals surface area contributed by atoms with Crippen LogP contribution in [-0.4, -0.2) is 74.9 Å². The molecule has 0 aromatic heterocycles. The predicted octanol–water partition coefficient (Wildman–Crippen LogP) is -0.689. The summed E-state index contributed by atoms with van der Waals surface area (Å²) in [4.78, 5) is 24.0. The van der Waals surface area contributed by atoms with E-state index in [1.54, 1.807) is 0 Å². The van der Waals surface area contributed by atoms with Crippen LogP contribution in [0.5, 0.6) is 23.0 Å². The van der Waals surface area contributed by atoms with Crippen molar-refractivity contribution in [3.05, 3.63) is 34.0 Å². The zero-order valence-corrected chi connectivity index (χ0v) is 15.7. The molecule has 0 bridgehead atoms. The van der Waals surface area contributed by atoms with Crippen LogP contribution in [0.1, 0.15) is 16.8 Å². The van der Waals surface area contributed by atoms with Crippen LogP contribution < -0.4 is 10.2 Å². The van der Waals surface area contributed by atoms with E-state index in [9.17, 15) is 40.2 Å². The van der Waals surface area contributed by atoms with E-state index in [1.807, 2.05) is 0 Å². The third-order valence-electron chi connectivity index (χ3n) is 4.73. The maximum absolute atomic E-state index is 12.1. The molecule has 0 radical (unpaired) electrons. The first-order chi connectivity index (χ1) is 14.2. The summed E-state index contributed by atoms with van der Waals surface area (Å²) in [7, 11) is 1.09. The van der Waals surface area contributed by atoms with E-state index in [0.29, 0.717) is 0 Å². The zero-order valence-electron chi connectivity index (χ0n) is 15.7. The number of carbonyl (C=O) groups excluding carboxylic acids is 1. The lowest BCUT2D eigenvalue weighted by molar-refractivity contribution is -0.230. The number of methoxy groups -OCH3 is 1. The number of carbonyl (C=O) groups is 1. The van der Waals surface area contributed by atoms with Crippen molar-refractivity contribution in [2.45, 2.75) is 31.0 Å². The number of rotatable bonds is 4. The number of fused-ring (bicyclic) bond motifs is 1. The highest BCUT2D eigenvalue weighted by atomic mass is 16.7. The van der Waals surface area contributed by atoms with Gasteiger partial charge in [0.05, 0.1) is 30.8 Å². The van der Waals surface area contributed by atoms with Crippen molar-refractivity contribution in [3.63, 3.8) is 0 Å². The molecule has 1 heterocycles. The van der Waals surface area contributed by atoms with Crippen molar-refractivity contribution in [1.29, 1.82) is 0 Å². The van der Waals surface area contributed by atoms with Gasteiger partial charge in [0.25, 0.3) is 0 Å². The Hall–Kier alpha value is -3.12. The second-order valence-corrected chi connectivity index (χ2v) is 6.68. The van der Waals surface area contributed by atoms with Crippen LogP contribution in [0, 0.1) is 0 Å². The lowest BCUT2D eigenvalue weighted by atomic mass is 10.0. The van der Waals surface area contributed by atoms with Crippen molar-refractivity contribution >= 4 is 16.7 Å². The van der Waals surface area contributed by atoms with Crippen LogP contribution >= 0.6 is 0 Å². The molecule has 3 rings (SSSR count). The third-order valence-corrected chi connectivity index (χ3v) is 4.73. The van der Waals surface area contributed by atoms with Gasteiger partial charge in [-0.1, -0.05) is 0 Å². The third kappa shape index (κ3) is 3.83. The van der Waals surface area contributed by atoms with Gasteiger partial charge < -0.3 is 44.8 Å². The summed E-state index contributed by atoms with van der Waals surface area (Å²) >= 11 is 0. The fraction of sp³-hybridized carbons (Fsp3) is 0.368. The molecule has 1 fully saturated rings. The summed E-state index contributed by atoms with van der Waals surface area (Å²) in [6.07, 6.45) is -5.22. The quantitative estimate of drug-likeness (QED) is 0.270. The Morgan fingerprint density at radius 1 is 1.13 bits per heavy atom. The fourth-order valence-electron chi connectivity index (χ4n) is 3.17. The van der Waals surface area contributed by atoms with Gasteiger partial charge in [-0.05, 0) is 17.5 Å². The number of aliphatic hydroxyl groups is 3. The Kier molecular flexibility index (Phi) is 5.99. The van der Waals surface area contributed by atoms with Gasteiger partial charge in [0.2, 0.25) is 17.5 Å². The van der Waals surface area contributed by atoms with E-state index in [4.69, 9.17) is 9.47 Å². The summed E-state index contributed by atoms with van der Waals surface area (Å²) in [5, 5.41) is 59.2. The first kappa shape index (κ1) is 21.6. The molecule has 0 amide bonds. The number of phenolic OH excluding ortho intramolecular Hbond substituents is 2. The highest BCUT2D eigenvalue weighted by Gasteiger charge is 2.38. The number of esters is 1. The van der Waals surface area contributed by atoms with E-state index < -0.39 is 65.2 Å². The van der Waals surface area contributed by atoms with Gasteiger partial charge >= 0.3 is 5.97 Å². The van der Waals surface area contributed by atoms with Crippen LogP contribution in [0.3, 0.4) is 0 Å². The molecule has 2 aromatic rings. The van der Waals surface area contributed by atoms with Gasteiger partial charge in [-0.15, -0.1) is 0 Å². The normalized spacial score (nSPS) is 23.9. The van der Waals surface area contributed by atoms with E-state index in [2.05, 4.69) is 4.74 Å². The minimum Gasteiger partial charge on any atom is -0.504 e. The largest absolute Gasteiger partial charge is 0.504 e. The number of hydrogen-bond acceptors (Lipinski definition) is 11. The monoisotopic (exact) mass is 424 g/mol. The minimum absolute atomic E-state index is 0.0459. The molecular weight excluding hydrogens is 404 g/mol. The number of aliphatic hydroxyl groups excluding tert-OH is 3. The second kappa shape index (κ2) is 8.32. The van der Waals surface area contributed by atoms with Crippen LogP contribution in [0.4, 0.5) is 0 Å². The molecule has 2 aromatic carbocycles. The van der Waals surface area contributed by atoms with Crippen molar-refractivity contribution in [2.24, 2.45) is 0 Å². The topological polar surface area (TPSA) is 183 Å². The molecule has 1 saturated heterocycles. The van der Waals surface area contributed by atoms with E-state index in [1.165, 1.54) is 0 Å². The molecule has 6 N–H and O–H groups in total. The summed E-state index contributed by atoms with van der Waals surface area (Å²) in [5.41, 5.74) is -1.22. The minimum atomic E-state index is -1.34. The van der Waals surface area contributed by atoms with Gasteiger partial charge in [0.15, 0.2) is 17.2 Å². The summed E-state index contributed by atoms with van der Waals surface area (Å²) in [6.45, 7) is -0.606. The molecule has 11 nitrogen and oxygen atoms in total. The maximum atomic E-state index is 12.1. The average Bonchev–Trinajstić information content (AvgIpc) is 2.84. The molecule has 1 unspecified atom stereocenters. The Bertz CT molecular complexity index is 1040. The molecule has 0 saturated carbocycles. The molecule has 0 spiro atoms. The Labute approximate surface area is 168 Å². The van der Waals surface area contributed by atoms with Gasteiger partial charge in [-0.3, -0.25) is 4.79 Å². The standard InChI is InChI=1S/C19H20O11/c1-28-19(27)8-2-7-4-11(17(25)18(26)14(7)16(24)9(21)3-8)29-13-5-10(22)15(23)12(6-20)30-13/h2-4,10,12-13,15,20,22-23,25-26H,5-6H2,1H3,(H,21,24)/t10?,12-,13-,15+/m1/s1. The maximum Gasteiger partial charge on any atom is 0.338 e. The van der Waals surface area contributed by atoms with Crippen molar-refractivity contribution in [2.75, 3.05) is 13.7 Å². The number of ether oxygens (including phenoxy) is 3. The number of hydrogen-bond donors (Lipinski definition) is 6. The number of benzene rings is 1. The lowest BCUT2D eigenvalue weighted by Crippen LogP contribution is -2.51. The van der Waals surface area contributed by atoms with Gasteiger partial charge in [-0.2, -0.15) is 0 Å². The smallest absolute Gasteiger partial charge is 0.338 e. The molecular formula is C19H20O11. The summed E-state index contributed by atoms with van der Waals surface area (Å²) in [6, 6.07) is 3.09. The van der Waals surface area contributed by atoms with E-state index >= 15 is 0 Å². The number of phenols is 2. The molecule has 11 heteroatoms. The fourth-order valence-corrected chi connectivity index (χ4v) is 3.17. The Balaban J connectivity index is 2.11. The average molecular weight is 424 g/mol. The van der Waals surface area contributed by atoms with Gasteiger partial charge in [-0.25, -0.2) is 4.79 Å². The highest BCUT2D eigenvalue weighted by molar-refractivity contribution is 6.00. The first-order valence-corrected chi connectivity index (χ1v) is 8.81. The predicted molar refractivity (Wildman–Crippen MR) is 99.6 cm³/mol. The van der Waals surface area contributed by atoms with Gasteiger partial charge in [0, 0.05) is 12.5 Å². The van der Waals surface area contributed by atoms with Crippen LogP contribution in [0.25, 0.3) is 10.8 Å². The van der Waals surface area contributed by atoms with E-state index in [-0.39, 0.29) is 23.1 Å². The first-order valence-electron chi connectivity index (χ1n) is 8.81. The molecule has 0 aliphatic carbocycles. The molecule has 30 heavy (non-hydrogen) atoms. The lowest BCUT2D eigenvalue weighted by Gasteiger charge is -2.36. The SMILES string of the molecule is COC(=O)c1cc(=O)c(O)c2c(O)c(O)c(O[C@H]3CC(O)[C@H](O)[C@@H](CO)O3)cc2c1. The Morgan fingerprint density at radius 2 is 1.83 bits per heavy atom. The van der Waals surface area contributed by atoms with Crippen molar-refractivity contribution in [1.82, 2.24) is 0 Å². The molecule has 1 aliphatic heterocycles.